The number of alkyl halides is 1. The van der Waals surface area contributed by atoms with E-state index in [9.17, 15) is 9.90 Å². The lowest BCUT2D eigenvalue weighted by Crippen LogP contribution is -2.73. The van der Waals surface area contributed by atoms with Crippen LogP contribution in [0.25, 0.3) is 0 Å². The molecule has 1 aromatic heterocycles. The lowest BCUT2D eigenvalue weighted by Gasteiger charge is -2.51. The number of rotatable bonds is 1. The number of aromatic amines is 1. The molecule has 11 nitrogen and oxygen atoms in total. The molecular weight excluding hydrogens is 478 g/mol. The highest BCUT2D eigenvalue weighted by atomic mass is 79.9. The molecule has 13 heteroatoms. The second-order valence-electron chi connectivity index (χ2n) is 8.60. The molecule has 10 N–H and O–H groups in total. The number of aliphatic hydroxyl groups is 1. The first-order valence-electron chi connectivity index (χ1n) is 9.71. The van der Waals surface area contributed by atoms with Gasteiger partial charge >= 0.3 is 0 Å². The van der Waals surface area contributed by atoms with E-state index in [0.29, 0.717) is 18.8 Å². The van der Waals surface area contributed by atoms with Crippen molar-refractivity contribution >= 4 is 45.4 Å². The van der Waals surface area contributed by atoms with E-state index >= 15 is 0 Å². The van der Waals surface area contributed by atoms with Gasteiger partial charge in [-0.15, -0.1) is 11.6 Å². The number of carbonyl (C=O) groups excluding carboxylic acids is 1. The van der Waals surface area contributed by atoms with E-state index in [2.05, 4.69) is 41.5 Å². The predicted octanol–water partition coefficient (Wildman–Crippen LogP) is -1.69. The number of nitrogens with zero attached hydrogens (tertiary/aromatic N) is 3. The molecule has 1 aromatic rings. The maximum atomic E-state index is 13.6. The molecule has 1 saturated heterocycles. The number of hydrogen-bond donors (Lipinski definition) is 7. The van der Waals surface area contributed by atoms with Crippen molar-refractivity contribution in [2.75, 3.05) is 13.1 Å². The number of halogens is 2. The number of H-pyrrole nitrogens is 1. The monoisotopic (exact) mass is 497 g/mol. The van der Waals surface area contributed by atoms with Crippen LogP contribution in [0.1, 0.15) is 22.1 Å². The SMILES string of the molecule is NCC1[C@H]2CN3C(=O)c4[nH]cc(Br)c4[C@H]4N=C(N)N[C@]43[C@H]2[C@@]2(NC(N)=N[C@@H]2O)[C@H]1Cl. The maximum absolute atomic E-state index is 13.6. The Hall–Kier alpha value is -2.02. The van der Waals surface area contributed by atoms with E-state index in [4.69, 9.17) is 28.8 Å². The number of nitrogens with one attached hydrogen (secondary N) is 3. The largest absolute Gasteiger partial charge is 0.370 e. The number of hydrogen-bond acceptors (Lipinski definition) is 9. The zero-order valence-electron chi connectivity index (χ0n) is 15.6. The number of aliphatic imine (C=N–C) groups is 2. The molecule has 0 bridgehead atoms. The number of guanidine groups is 2. The van der Waals surface area contributed by atoms with Crippen molar-refractivity contribution in [3.63, 3.8) is 0 Å². The fraction of sp³-hybridized carbons (Fsp3) is 0.588. The van der Waals surface area contributed by atoms with Crippen molar-refractivity contribution in [1.82, 2.24) is 20.5 Å². The molecule has 4 aliphatic heterocycles. The Morgan fingerprint density at radius 1 is 1.33 bits per heavy atom. The Morgan fingerprint density at radius 3 is 2.73 bits per heavy atom. The Morgan fingerprint density at radius 2 is 2.07 bits per heavy atom. The van der Waals surface area contributed by atoms with E-state index in [1.54, 1.807) is 11.1 Å². The van der Waals surface area contributed by atoms with Gasteiger partial charge in [-0.05, 0) is 34.3 Å². The highest BCUT2D eigenvalue weighted by molar-refractivity contribution is 9.10. The van der Waals surface area contributed by atoms with Gasteiger partial charge in [-0.2, -0.15) is 0 Å². The summed E-state index contributed by atoms with van der Waals surface area (Å²) in [6.07, 6.45) is 0.523. The molecule has 5 heterocycles. The topological polar surface area (TPSA) is 183 Å². The first-order valence-corrected chi connectivity index (χ1v) is 10.9. The molecule has 2 spiro atoms. The van der Waals surface area contributed by atoms with Gasteiger partial charge in [0.2, 0.25) is 0 Å². The van der Waals surface area contributed by atoms with Gasteiger partial charge in [0.1, 0.15) is 22.9 Å². The lowest BCUT2D eigenvalue weighted by molar-refractivity contribution is -0.0124. The molecule has 160 valence electrons. The van der Waals surface area contributed by atoms with Gasteiger partial charge in [0.05, 0.1) is 5.38 Å². The molecule has 1 amide bonds. The van der Waals surface area contributed by atoms with Crippen molar-refractivity contribution in [2.24, 2.45) is 44.9 Å². The third-order valence-corrected chi connectivity index (χ3v) is 8.90. The number of nitrogens with two attached hydrogens (primary N) is 3. The number of aliphatic hydroxyl groups excluding tert-OH is 1. The lowest BCUT2D eigenvalue weighted by atomic mass is 9.70. The summed E-state index contributed by atoms with van der Waals surface area (Å²) in [6, 6.07) is -0.506. The third kappa shape index (κ3) is 1.80. The summed E-state index contributed by atoms with van der Waals surface area (Å²) in [5.74, 6) is -0.555. The summed E-state index contributed by atoms with van der Waals surface area (Å²) in [7, 11) is 0. The molecule has 2 fully saturated rings. The summed E-state index contributed by atoms with van der Waals surface area (Å²) in [6.45, 7) is 0.687. The highest BCUT2D eigenvalue weighted by Gasteiger charge is 2.79. The van der Waals surface area contributed by atoms with Gasteiger partial charge in [0.15, 0.2) is 18.1 Å². The second-order valence-corrected chi connectivity index (χ2v) is 9.92. The van der Waals surface area contributed by atoms with E-state index < -0.39 is 34.8 Å². The van der Waals surface area contributed by atoms with Crippen LogP contribution in [0.4, 0.5) is 0 Å². The van der Waals surface area contributed by atoms with Crippen molar-refractivity contribution in [3.8, 4) is 0 Å². The quantitative estimate of drug-likeness (QED) is 0.225. The molecule has 1 aliphatic carbocycles. The van der Waals surface area contributed by atoms with Crippen LogP contribution < -0.4 is 27.8 Å². The van der Waals surface area contributed by atoms with Gasteiger partial charge in [0, 0.05) is 28.7 Å². The molecular formula is C17H21BrClN9O2. The summed E-state index contributed by atoms with van der Waals surface area (Å²) >= 11 is 10.5. The Balaban J connectivity index is 1.61. The second kappa shape index (κ2) is 5.61. The smallest absolute Gasteiger partial charge is 0.272 e. The molecule has 5 aliphatic rings. The van der Waals surface area contributed by atoms with Crippen molar-refractivity contribution in [1.29, 1.82) is 0 Å². The van der Waals surface area contributed by atoms with Crippen molar-refractivity contribution in [3.05, 3.63) is 21.9 Å². The molecule has 0 radical (unpaired) electrons. The van der Waals surface area contributed by atoms with Gasteiger partial charge in [-0.3, -0.25) is 4.79 Å². The Kier molecular flexibility index (Phi) is 3.50. The fourth-order valence-corrected chi connectivity index (χ4v) is 7.76. The fourth-order valence-electron chi connectivity index (χ4n) is 6.64. The van der Waals surface area contributed by atoms with Crippen LogP contribution in [0, 0.1) is 17.8 Å². The molecule has 1 saturated carbocycles. The van der Waals surface area contributed by atoms with Crippen LogP contribution >= 0.6 is 27.5 Å². The number of carbonyl (C=O) groups is 1. The minimum atomic E-state index is -1.20. The van der Waals surface area contributed by atoms with Crippen LogP contribution in [-0.2, 0) is 0 Å². The van der Waals surface area contributed by atoms with E-state index in [-0.39, 0.29) is 29.7 Å². The summed E-state index contributed by atoms with van der Waals surface area (Å²) in [5, 5.41) is 17.0. The standard InChI is InChI=1S/C17H21BrClN9O2/c18-6-2-23-8-7(6)11-17(27-14(21)24-11)9-5(3-28(17)12(8)29)4(1-20)10(19)16(9)13(30)25-15(22)26-16/h2,4-5,9-11,13,23,30H,1,3,20H2,(H3,21,24,27)(H3,22,25,26)/t4?,5-,9-,10+,11-,13-,16-,17+/m1/s1. The zero-order valence-corrected chi connectivity index (χ0v) is 18.0. The minimum absolute atomic E-state index is 0.105. The number of fused-ring (bicyclic) bond motifs is 4. The minimum Gasteiger partial charge on any atom is -0.370 e. The molecule has 0 aromatic carbocycles. The first kappa shape index (κ1) is 18.7. The number of amides is 1. The maximum Gasteiger partial charge on any atom is 0.272 e. The predicted molar refractivity (Wildman–Crippen MR) is 112 cm³/mol. The van der Waals surface area contributed by atoms with Crippen molar-refractivity contribution < 1.29 is 9.90 Å². The average molecular weight is 499 g/mol. The van der Waals surface area contributed by atoms with Crippen LogP contribution in [0.15, 0.2) is 20.7 Å². The summed E-state index contributed by atoms with van der Waals surface area (Å²) in [5.41, 5.74) is 17.3. The van der Waals surface area contributed by atoms with Crippen molar-refractivity contribution in [2.45, 2.75) is 28.8 Å². The molecule has 8 atom stereocenters. The van der Waals surface area contributed by atoms with Gasteiger partial charge in [-0.1, -0.05) is 0 Å². The van der Waals surface area contributed by atoms with Crippen LogP contribution in [0.2, 0.25) is 0 Å². The van der Waals surface area contributed by atoms with E-state index in [1.807, 2.05) is 0 Å². The first-order chi connectivity index (χ1) is 14.3. The Labute approximate surface area is 184 Å². The van der Waals surface area contributed by atoms with Crippen LogP contribution in [0.3, 0.4) is 0 Å². The summed E-state index contributed by atoms with van der Waals surface area (Å²) in [4.78, 5) is 27.2. The van der Waals surface area contributed by atoms with Crippen LogP contribution in [0.5, 0.6) is 0 Å². The number of aromatic nitrogens is 1. The van der Waals surface area contributed by atoms with Gasteiger partial charge in [0.25, 0.3) is 5.91 Å². The van der Waals surface area contributed by atoms with E-state index in [0.717, 1.165) is 10.0 Å². The normalized spacial score (nSPS) is 45.5. The van der Waals surface area contributed by atoms with Crippen LogP contribution in [-0.4, -0.2) is 68.7 Å². The van der Waals surface area contributed by atoms with Gasteiger partial charge in [-0.25, -0.2) is 9.98 Å². The third-order valence-electron chi connectivity index (χ3n) is 7.56. The average Bonchev–Trinajstić information content (AvgIpc) is 3.43. The highest BCUT2D eigenvalue weighted by Crippen LogP contribution is 2.64. The molecule has 30 heavy (non-hydrogen) atoms. The molecule has 6 rings (SSSR count). The van der Waals surface area contributed by atoms with Gasteiger partial charge < -0.3 is 42.8 Å². The Bertz CT molecular complexity index is 1040. The zero-order chi connectivity index (χ0) is 21.2. The summed E-state index contributed by atoms with van der Waals surface area (Å²) < 4.78 is 0.735. The van der Waals surface area contributed by atoms with E-state index in [1.165, 1.54) is 0 Å². The molecule has 1 unspecified atom stereocenters.